The van der Waals surface area contributed by atoms with E-state index < -0.39 is 5.97 Å². The van der Waals surface area contributed by atoms with Gasteiger partial charge in [0.2, 0.25) is 11.7 Å². The molecule has 1 rings (SSSR count). The van der Waals surface area contributed by atoms with Crippen LogP contribution in [0.1, 0.15) is 16.3 Å². The summed E-state index contributed by atoms with van der Waals surface area (Å²) in [6.07, 6.45) is 0. The van der Waals surface area contributed by atoms with Crippen LogP contribution in [0.25, 0.3) is 0 Å². The van der Waals surface area contributed by atoms with E-state index in [1.807, 2.05) is 0 Å². The van der Waals surface area contributed by atoms with Crippen LogP contribution in [0.2, 0.25) is 0 Å². The van der Waals surface area contributed by atoms with Crippen molar-refractivity contribution in [1.29, 1.82) is 0 Å². The molecule has 1 amide bonds. The van der Waals surface area contributed by atoms with E-state index in [0.717, 1.165) is 0 Å². The van der Waals surface area contributed by atoms with E-state index in [-0.39, 0.29) is 37.2 Å². The third-order valence-corrected chi connectivity index (χ3v) is 1.69. The first-order valence-corrected chi connectivity index (χ1v) is 4.31. The number of carbonyl (C=O) groups is 2. The highest BCUT2D eigenvalue weighted by Gasteiger charge is 2.10. The average molecular weight is 249 g/mol. The fourth-order valence-corrected chi connectivity index (χ4v) is 0.941. The summed E-state index contributed by atoms with van der Waals surface area (Å²) in [7, 11) is 1.26. The molecular formula is C9H13ClN2O4. The van der Waals surface area contributed by atoms with Crippen LogP contribution in [-0.2, 0) is 16.1 Å². The van der Waals surface area contributed by atoms with Crippen LogP contribution in [0.5, 0.6) is 0 Å². The van der Waals surface area contributed by atoms with Crippen LogP contribution in [0.4, 0.5) is 0 Å². The van der Waals surface area contributed by atoms with Crippen LogP contribution in [0.3, 0.4) is 0 Å². The maximum absolute atomic E-state index is 11.0. The molecular weight excluding hydrogens is 236 g/mol. The number of hydrogen-bond acceptors (Lipinski definition) is 5. The maximum Gasteiger partial charge on any atom is 0.373 e. The molecule has 0 atom stereocenters. The van der Waals surface area contributed by atoms with Gasteiger partial charge in [0, 0.05) is 0 Å². The van der Waals surface area contributed by atoms with Crippen molar-refractivity contribution in [3.63, 3.8) is 0 Å². The van der Waals surface area contributed by atoms with E-state index in [1.54, 1.807) is 6.07 Å². The summed E-state index contributed by atoms with van der Waals surface area (Å²) in [5.74, 6) is -0.260. The van der Waals surface area contributed by atoms with Crippen molar-refractivity contribution in [2.24, 2.45) is 5.73 Å². The molecule has 90 valence electrons. The molecule has 0 aliphatic carbocycles. The summed E-state index contributed by atoms with van der Waals surface area (Å²) in [6.45, 7) is 0.123. The number of methoxy groups -OCH3 is 1. The third kappa shape index (κ3) is 3.92. The zero-order valence-electron chi connectivity index (χ0n) is 8.69. The first kappa shape index (κ1) is 14.5. The SMILES string of the molecule is COC(=O)c1ccc(CNC(=O)CN)o1.Cl. The zero-order valence-corrected chi connectivity index (χ0v) is 9.50. The minimum atomic E-state index is -0.550. The van der Waals surface area contributed by atoms with Gasteiger partial charge in [-0.15, -0.1) is 12.4 Å². The van der Waals surface area contributed by atoms with Gasteiger partial charge in [-0.3, -0.25) is 4.79 Å². The molecule has 0 aliphatic rings. The Labute approximate surface area is 98.5 Å². The van der Waals surface area contributed by atoms with Gasteiger partial charge in [-0.1, -0.05) is 0 Å². The van der Waals surface area contributed by atoms with Crippen molar-refractivity contribution in [3.05, 3.63) is 23.7 Å². The van der Waals surface area contributed by atoms with Crippen LogP contribution >= 0.6 is 12.4 Å². The molecule has 1 aromatic rings. The van der Waals surface area contributed by atoms with Gasteiger partial charge in [0.05, 0.1) is 20.2 Å². The molecule has 0 bridgehead atoms. The first-order chi connectivity index (χ1) is 7.17. The lowest BCUT2D eigenvalue weighted by atomic mass is 10.4. The smallest absolute Gasteiger partial charge is 0.373 e. The Balaban J connectivity index is 0.00000225. The van der Waals surface area contributed by atoms with Crippen molar-refractivity contribution in [2.75, 3.05) is 13.7 Å². The normalized spacial score (nSPS) is 9.12. The fraction of sp³-hybridized carbons (Fsp3) is 0.333. The van der Waals surface area contributed by atoms with E-state index in [4.69, 9.17) is 10.2 Å². The summed E-state index contributed by atoms with van der Waals surface area (Å²) in [4.78, 5) is 21.8. The Hall–Kier alpha value is -1.53. The monoisotopic (exact) mass is 248 g/mol. The van der Waals surface area contributed by atoms with E-state index >= 15 is 0 Å². The van der Waals surface area contributed by atoms with Crippen LogP contribution < -0.4 is 11.1 Å². The topological polar surface area (TPSA) is 94.6 Å². The molecule has 7 heteroatoms. The molecule has 1 aromatic heterocycles. The third-order valence-electron chi connectivity index (χ3n) is 1.69. The van der Waals surface area contributed by atoms with Gasteiger partial charge in [-0.05, 0) is 12.1 Å². The van der Waals surface area contributed by atoms with Crippen molar-refractivity contribution in [1.82, 2.24) is 5.32 Å². The molecule has 3 N–H and O–H groups in total. The van der Waals surface area contributed by atoms with Gasteiger partial charge in [0.15, 0.2) is 0 Å². The summed E-state index contributed by atoms with van der Waals surface area (Å²) < 4.78 is 9.56. The van der Waals surface area contributed by atoms with Crippen molar-refractivity contribution in [2.45, 2.75) is 6.54 Å². The van der Waals surface area contributed by atoms with Gasteiger partial charge in [0.25, 0.3) is 0 Å². The Morgan fingerprint density at radius 1 is 1.50 bits per heavy atom. The van der Waals surface area contributed by atoms with E-state index in [9.17, 15) is 9.59 Å². The highest BCUT2D eigenvalue weighted by atomic mass is 35.5. The molecule has 0 radical (unpaired) electrons. The first-order valence-electron chi connectivity index (χ1n) is 4.31. The Morgan fingerprint density at radius 3 is 2.75 bits per heavy atom. The number of ether oxygens (including phenoxy) is 1. The van der Waals surface area contributed by atoms with E-state index in [1.165, 1.54) is 13.2 Å². The van der Waals surface area contributed by atoms with Crippen molar-refractivity contribution < 1.29 is 18.7 Å². The second-order valence-corrected chi connectivity index (χ2v) is 2.74. The molecule has 16 heavy (non-hydrogen) atoms. The largest absolute Gasteiger partial charge is 0.463 e. The molecule has 0 aromatic carbocycles. The standard InChI is InChI=1S/C9H12N2O4.ClH/c1-14-9(13)7-3-2-6(15-7)5-11-8(12)4-10;/h2-3H,4-5,10H2,1H3,(H,11,12);1H. The molecule has 1 heterocycles. The van der Waals surface area contributed by atoms with Gasteiger partial charge in [-0.2, -0.15) is 0 Å². The van der Waals surface area contributed by atoms with Crippen LogP contribution in [0, 0.1) is 0 Å². The summed E-state index contributed by atoms with van der Waals surface area (Å²) >= 11 is 0. The number of nitrogens with two attached hydrogens (primary N) is 1. The quantitative estimate of drug-likeness (QED) is 0.735. The summed E-state index contributed by atoms with van der Waals surface area (Å²) in [5, 5.41) is 2.51. The highest BCUT2D eigenvalue weighted by Crippen LogP contribution is 2.08. The fourth-order valence-electron chi connectivity index (χ4n) is 0.941. The number of carbonyl (C=O) groups excluding carboxylic acids is 2. The number of hydrogen-bond donors (Lipinski definition) is 2. The zero-order chi connectivity index (χ0) is 11.3. The Bertz CT molecular complexity index is 364. The molecule has 0 unspecified atom stereocenters. The number of rotatable bonds is 4. The lowest BCUT2D eigenvalue weighted by molar-refractivity contribution is -0.119. The molecule has 0 spiro atoms. The number of furan rings is 1. The average Bonchev–Trinajstić information content (AvgIpc) is 2.73. The van der Waals surface area contributed by atoms with Crippen molar-refractivity contribution in [3.8, 4) is 0 Å². The molecule has 0 aliphatic heterocycles. The lowest BCUT2D eigenvalue weighted by Gasteiger charge is -1.99. The molecule has 6 nitrogen and oxygen atoms in total. The lowest BCUT2D eigenvalue weighted by Crippen LogP contribution is -2.29. The highest BCUT2D eigenvalue weighted by molar-refractivity contribution is 5.86. The number of halogens is 1. The summed E-state index contributed by atoms with van der Waals surface area (Å²) in [5.41, 5.74) is 5.09. The minimum absolute atomic E-state index is 0. The van der Waals surface area contributed by atoms with Gasteiger partial charge < -0.3 is 20.2 Å². The number of esters is 1. The predicted octanol–water partition coefficient (Wildman–Crippen LogP) is 0.0629. The predicted molar refractivity (Wildman–Crippen MR) is 58.2 cm³/mol. The van der Waals surface area contributed by atoms with Crippen LogP contribution in [-0.4, -0.2) is 25.5 Å². The van der Waals surface area contributed by atoms with Gasteiger partial charge in [0.1, 0.15) is 5.76 Å². The Morgan fingerprint density at radius 2 is 2.19 bits per heavy atom. The Kier molecular flexibility index (Phi) is 6.21. The van der Waals surface area contributed by atoms with Gasteiger partial charge >= 0.3 is 5.97 Å². The van der Waals surface area contributed by atoms with Crippen LogP contribution in [0.15, 0.2) is 16.5 Å². The maximum atomic E-state index is 11.0. The van der Waals surface area contributed by atoms with E-state index in [2.05, 4.69) is 10.1 Å². The van der Waals surface area contributed by atoms with Gasteiger partial charge in [-0.25, -0.2) is 4.79 Å². The van der Waals surface area contributed by atoms with Crippen molar-refractivity contribution >= 4 is 24.3 Å². The van der Waals surface area contributed by atoms with E-state index in [0.29, 0.717) is 5.76 Å². The molecule has 0 fully saturated rings. The summed E-state index contributed by atoms with van der Waals surface area (Å²) in [6, 6.07) is 3.07. The minimum Gasteiger partial charge on any atom is -0.463 e. The molecule has 0 saturated heterocycles. The molecule has 0 saturated carbocycles. The second kappa shape index (κ2) is 6.86. The second-order valence-electron chi connectivity index (χ2n) is 2.74. The number of amides is 1. The number of nitrogens with one attached hydrogen (secondary N) is 1.